The molecule has 1 aromatic carbocycles. The molecule has 1 N–H and O–H groups in total. The van der Waals surface area contributed by atoms with Crippen molar-refractivity contribution in [3.63, 3.8) is 0 Å². The van der Waals surface area contributed by atoms with Crippen LogP contribution in [0.2, 0.25) is 5.02 Å². The van der Waals surface area contributed by atoms with Gasteiger partial charge in [0.25, 0.3) is 0 Å². The summed E-state index contributed by atoms with van der Waals surface area (Å²) in [6, 6.07) is 1.67. The molecule has 21 heavy (non-hydrogen) atoms. The Balaban J connectivity index is 2.24. The number of nitrogens with zero attached hydrogens (tertiary/aromatic N) is 2. The number of nitrogens with one attached hydrogen (secondary N) is 1. The maximum Gasteiger partial charge on any atom is 0.242 e. The van der Waals surface area contributed by atoms with Gasteiger partial charge in [-0.15, -0.1) is 0 Å². The Morgan fingerprint density at radius 2 is 2.24 bits per heavy atom. The van der Waals surface area contributed by atoms with Gasteiger partial charge in [-0.25, -0.2) is 17.5 Å². The summed E-state index contributed by atoms with van der Waals surface area (Å²) in [5.41, 5.74) is 0. The van der Waals surface area contributed by atoms with E-state index in [0.717, 1.165) is 12.1 Å². The standard InChI is InChI=1S/C12H12BrClFN3O2S/c1-7-2-8(5-18(7)6-16)17-21(19,20)12-4-10(14)11(15)3-9(12)13/h3-4,7-8,17H,2,5H2,1H3/t7-,8+/m0/s1. The lowest BCUT2D eigenvalue weighted by molar-refractivity contribution is 0.386. The minimum absolute atomic E-state index is 0.0250. The summed E-state index contributed by atoms with van der Waals surface area (Å²) >= 11 is 8.66. The first-order chi connectivity index (χ1) is 9.74. The Morgan fingerprint density at radius 3 is 2.81 bits per heavy atom. The lowest BCUT2D eigenvalue weighted by Crippen LogP contribution is -2.36. The van der Waals surface area contributed by atoms with Gasteiger partial charge in [0.15, 0.2) is 6.19 Å². The second kappa shape index (κ2) is 6.08. The molecule has 0 spiro atoms. The molecule has 114 valence electrons. The molecule has 0 amide bonds. The quantitative estimate of drug-likeness (QED) is 0.629. The van der Waals surface area contributed by atoms with E-state index in [1.54, 1.807) is 0 Å². The molecular weight excluding hydrogens is 385 g/mol. The molecule has 5 nitrogen and oxygen atoms in total. The van der Waals surface area contributed by atoms with Crippen LogP contribution in [0.15, 0.2) is 21.5 Å². The van der Waals surface area contributed by atoms with E-state index in [2.05, 4.69) is 20.7 Å². The number of benzene rings is 1. The van der Waals surface area contributed by atoms with Gasteiger partial charge in [0, 0.05) is 23.1 Å². The largest absolute Gasteiger partial charge is 0.306 e. The van der Waals surface area contributed by atoms with E-state index in [4.69, 9.17) is 16.9 Å². The average Bonchev–Trinajstić information content (AvgIpc) is 2.72. The zero-order valence-electron chi connectivity index (χ0n) is 11.0. The zero-order chi connectivity index (χ0) is 15.8. The fourth-order valence-corrected chi connectivity index (χ4v) is 4.76. The maximum absolute atomic E-state index is 13.3. The number of rotatable bonds is 3. The Bertz CT molecular complexity index is 707. The SMILES string of the molecule is C[C@H]1C[C@@H](NS(=O)(=O)c2cc(Cl)c(F)cc2Br)CN1C#N. The van der Waals surface area contributed by atoms with E-state index in [9.17, 15) is 12.8 Å². The van der Waals surface area contributed by atoms with Crippen LogP contribution in [0, 0.1) is 17.3 Å². The molecule has 1 aromatic rings. The van der Waals surface area contributed by atoms with Gasteiger partial charge in [-0.05, 0) is 41.4 Å². The number of hydrogen-bond donors (Lipinski definition) is 1. The van der Waals surface area contributed by atoms with Gasteiger partial charge in [-0.1, -0.05) is 11.6 Å². The van der Waals surface area contributed by atoms with Crippen molar-refractivity contribution in [3.8, 4) is 6.19 Å². The Labute approximate surface area is 135 Å². The van der Waals surface area contributed by atoms with Crippen LogP contribution in [0.25, 0.3) is 0 Å². The predicted molar refractivity (Wildman–Crippen MR) is 79.6 cm³/mol. The van der Waals surface area contributed by atoms with Crippen molar-refractivity contribution in [2.75, 3.05) is 6.54 Å². The van der Waals surface area contributed by atoms with Crippen molar-refractivity contribution in [1.29, 1.82) is 5.26 Å². The minimum Gasteiger partial charge on any atom is -0.306 e. The van der Waals surface area contributed by atoms with E-state index >= 15 is 0 Å². The number of hydrogen-bond acceptors (Lipinski definition) is 4. The Kier molecular flexibility index (Phi) is 4.78. The lowest BCUT2D eigenvalue weighted by atomic mass is 10.2. The molecule has 1 aliphatic rings. The highest BCUT2D eigenvalue weighted by Crippen LogP contribution is 2.29. The Hall–Kier alpha value is -0.880. The van der Waals surface area contributed by atoms with E-state index < -0.39 is 15.8 Å². The van der Waals surface area contributed by atoms with Crippen LogP contribution < -0.4 is 4.72 Å². The van der Waals surface area contributed by atoms with Crippen LogP contribution in [-0.2, 0) is 10.0 Å². The summed E-state index contributed by atoms with van der Waals surface area (Å²) in [5.74, 6) is -0.701. The van der Waals surface area contributed by atoms with Gasteiger partial charge in [0.05, 0.1) is 9.92 Å². The van der Waals surface area contributed by atoms with E-state index in [0.29, 0.717) is 13.0 Å². The smallest absolute Gasteiger partial charge is 0.242 e. The van der Waals surface area contributed by atoms with E-state index in [1.165, 1.54) is 4.90 Å². The van der Waals surface area contributed by atoms with Crippen molar-refractivity contribution < 1.29 is 12.8 Å². The monoisotopic (exact) mass is 395 g/mol. The molecule has 0 aliphatic carbocycles. The van der Waals surface area contributed by atoms with Gasteiger partial charge in [-0.3, -0.25) is 0 Å². The molecule has 2 atom stereocenters. The van der Waals surface area contributed by atoms with Gasteiger partial charge in [-0.2, -0.15) is 5.26 Å². The molecular formula is C12H12BrClFN3O2S. The molecule has 0 bridgehead atoms. The summed E-state index contributed by atoms with van der Waals surface area (Å²) in [4.78, 5) is 1.39. The summed E-state index contributed by atoms with van der Waals surface area (Å²) in [7, 11) is -3.85. The average molecular weight is 397 g/mol. The molecule has 9 heteroatoms. The molecule has 1 heterocycles. The number of sulfonamides is 1. The normalized spacial score (nSPS) is 22.3. The third-order valence-electron chi connectivity index (χ3n) is 3.29. The summed E-state index contributed by atoms with van der Waals surface area (Å²) in [5, 5.41) is 8.65. The second-order valence-electron chi connectivity index (χ2n) is 4.85. The van der Waals surface area contributed by atoms with Crippen LogP contribution in [0.3, 0.4) is 0 Å². The number of likely N-dealkylation sites (tertiary alicyclic amines) is 1. The summed E-state index contributed by atoms with van der Waals surface area (Å²) < 4.78 is 40.6. The van der Waals surface area contributed by atoms with Crippen molar-refractivity contribution in [3.05, 3.63) is 27.4 Å². The topological polar surface area (TPSA) is 73.2 Å². The first-order valence-corrected chi connectivity index (χ1v) is 8.73. The van der Waals surface area contributed by atoms with Gasteiger partial charge < -0.3 is 4.90 Å². The zero-order valence-corrected chi connectivity index (χ0v) is 14.1. The first kappa shape index (κ1) is 16.5. The van der Waals surface area contributed by atoms with Crippen molar-refractivity contribution in [2.24, 2.45) is 0 Å². The highest BCUT2D eigenvalue weighted by Gasteiger charge is 2.32. The highest BCUT2D eigenvalue weighted by atomic mass is 79.9. The molecule has 0 unspecified atom stereocenters. The molecule has 1 fully saturated rings. The molecule has 1 aliphatic heterocycles. The van der Waals surface area contributed by atoms with E-state index in [1.807, 2.05) is 13.1 Å². The van der Waals surface area contributed by atoms with Crippen LogP contribution >= 0.6 is 27.5 Å². The summed E-state index contributed by atoms with van der Waals surface area (Å²) in [6.07, 6.45) is 2.54. The first-order valence-electron chi connectivity index (χ1n) is 6.08. The van der Waals surface area contributed by atoms with Crippen LogP contribution in [0.4, 0.5) is 4.39 Å². The highest BCUT2D eigenvalue weighted by molar-refractivity contribution is 9.10. The molecule has 2 rings (SSSR count). The Morgan fingerprint density at radius 1 is 1.57 bits per heavy atom. The van der Waals surface area contributed by atoms with Crippen molar-refractivity contribution in [2.45, 2.75) is 30.3 Å². The third-order valence-corrected chi connectivity index (χ3v) is 6.06. The molecule has 0 aromatic heterocycles. The van der Waals surface area contributed by atoms with Gasteiger partial charge in [0.1, 0.15) is 5.82 Å². The van der Waals surface area contributed by atoms with E-state index in [-0.39, 0.29) is 26.5 Å². The number of halogens is 3. The fraction of sp³-hybridized carbons (Fsp3) is 0.417. The van der Waals surface area contributed by atoms with Crippen molar-refractivity contribution >= 4 is 37.6 Å². The van der Waals surface area contributed by atoms with Crippen molar-refractivity contribution in [1.82, 2.24) is 9.62 Å². The minimum atomic E-state index is -3.85. The molecule has 1 saturated heterocycles. The fourth-order valence-electron chi connectivity index (χ4n) is 2.25. The molecule has 0 saturated carbocycles. The second-order valence-corrected chi connectivity index (χ2v) is 7.80. The van der Waals surface area contributed by atoms with Gasteiger partial charge >= 0.3 is 0 Å². The van der Waals surface area contributed by atoms with Crippen LogP contribution in [0.1, 0.15) is 13.3 Å². The lowest BCUT2D eigenvalue weighted by Gasteiger charge is -2.14. The van der Waals surface area contributed by atoms with Crippen LogP contribution in [-0.4, -0.2) is 31.9 Å². The third kappa shape index (κ3) is 3.48. The predicted octanol–water partition coefficient (Wildman–Crippen LogP) is 2.46. The maximum atomic E-state index is 13.3. The summed E-state index contributed by atoms with van der Waals surface area (Å²) in [6.45, 7) is 2.16. The number of nitriles is 1. The van der Waals surface area contributed by atoms with Gasteiger partial charge in [0.2, 0.25) is 10.0 Å². The van der Waals surface area contributed by atoms with Crippen LogP contribution in [0.5, 0.6) is 0 Å². The molecule has 0 radical (unpaired) electrons.